The van der Waals surface area contributed by atoms with Crippen LogP contribution in [0.2, 0.25) is 0 Å². The Kier molecular flexibility index (Phi) is 5.60. The minimum absolute atomic E-state index is 0.00370. The lowest BCUT2D eigenvalue weighted by atomic mass is 10.0. The summed E-state index contributed by atoms with van der Waals surface area (Å²) in [6, 6.07) is 16.6. The van der Waals surface area contributed by atoms with E-state index in [0.29, 0.717) is 12.1 Å². The molecule has 0 aliphatic carbocycles. The van der Waals surface area contributed by atoms with E-state index in [1.807, 2.05) is 62.0 Å². The number of nitrogens with zero attached hydrogens (tertiary/aromatic N) is 3. The van der Waals surface area contributed by atoms with Crippen molar-refractivity contribution in [2.45, 2.75) is 26.8 Å². The van der Waals surface area contributed by atoms with Crippen LogP contribution in [0.15, 0.2) is 54.6 Å². The average Bonchev–Trinajstić information content (AvgIpc) is 2.99. The summed E-state index contributed by atoms with van der Waals surface area (Å²) in [7, 11) is 1.83. The highest BCUT2D eigenvalue weighted by atomic mass is 16.3. The number of amides is 1. The molecule has 1 heterocycles. The molecule has 2 aromatic carbocycles. The van der Waals surface area contributed by atoms with Crippen LogP contribution >= 0.6 is 0 Å². The van der Waals surface area contributed by atoms with Crippen molar-refractivity contribution in [3.05, 3.63) is 71.5 Å². The number of carbonyl (C=O) groups excluding carboxylic acids is 1. The van der Waals surface area contributed by atoms with E-state index in [0.717, 1.165) is 35.5 Å². The Morgan fingerprint density at radius 3 is 2.48 bits per heavy atom. The van der Waals surface area contributed by atoms with Crippen molar-refractivity contribution >= 4 is 5.91 Å². The second kappa shape index (κ2) is 8.08. The lowest BCUT2D eigenvalue weighted by Gasteiger charge is -2.18. The third-order valence-electron chi connectivity index (χ3n) is 4.62. The van der Waals surface area contributed by atoms with Gasteiger partial charge in [-0.15, -0.1) is 0 Å². The molecule has 1 aromatic heterocycles. The highest BCUT2D eigenvalue weighted by Crippen LogP contribution is 2.23. The van der Waals surface area contributed by atoms with E-state index in [4.69, 9.17) is 0 Å². The van der Waals surface area contributed by atoms with Crippen molar-refractivity contribution in [1.29, 1.82) is 0 Å². The van der Waals surface area contributed by atoms with E-state index in [-0.39, 0.29) is 11.7 Å². The molecule has 0 aliphatic rings. The number of aryl methyl sites for hydroxylation is 3. The van der Waals surface area contributed by atoms with E-state index in [2.05, 4.69) is 11.2 Å². The maximum absolute atomic E-state index is 12.8. The molecule has 5 heteroatoms. The Morgan fingerprint density at radius 2 is 1.81 bits per heavy atom. The summed E-state index contributed by atoms with van der Waals surface area (Å²) in [5.74, 6) is 0.234. The minimum Gasteiger partial charge on any atom is -0.508 e. The van der Waals surface area contributed by atoms with Crippen LogP contribution in [0.5, 0.6) is 5.75 Å². The van der Waals surface area contributed by atoms with E-state index in [1.165, 1.54) is 0 Å². The molecule has 1 N–H and O–H groups in total. The quantitative estimate of drug-likeness (QED) is 0.719. The molecule has 140 valence electrons. The zero-order chi connectivity index (χ0) is 19.4. The molecular formula is C22H25N3O2. The van der Waals surface area contributed by atoms with Gasteiger partial charge >= 0.3 is 0 Å². The number of aromatic hydroxyl groups is 1. The molecule has 0 unspecified atom stereocenters. The highest BCUT2D eigenvalue weighted by molar-refractivity contribution is 5.95. The topological polar surface area (TPSA) is 58.4 Å². The molecule has 3 aromatic rings. The highest BCUT2D eigenvalue weighted by Gasteiger charge is 2.12. The van der Waals surface area contributed by atoms with Crippen LogP contribution in [0.1, 0.15) is 28.2 Å². The lowest BCUT2D eigenvalue weighted by molar-refractivity contribution is 0.0791. The van der Waals surface area contributed by atoms with E-state index >= 15 is 0 Å². The summed E-state index contributed by atoms with van der Waals surface area (Å²) in [4.78, 5) is 14.5. The minimum atomic E-state index is 0.00370. The fourth-order valence-corrected chi connectivity index (χ4v) is 3.17. The lowest BCUT2D eigenvalue weighted by Crippen LogP contribution is -2.28. The Bertz CT molecular complexity index is 929. The fourth-order valence-electron chi connectivity index (χ4n) is 3.17. The van der Waals surface area contributed by atoms with Crippen molar-refractivity contribution in [2.75, 3.05) is 13.6 Å². The van der Waals surface area contributed by atoms with Crippen molar-refractivity contribution in [3.63, 3.8) is 0 Å². The first kappa shape index (κ1) is 18.7. The van der Waals surface area contributed by atoms with Gasteiger partial charge in [0.2, 0.25) is 0 Å². The SMILES string of the molecule is Cc1cc(C)n(CCCN(C)C(=O)c2cccc(-c3ccc(O)cc3)c2)n1. The van der Waals surface area contributed by atoms with Crippen LogP contribution in [0.3, 0.4) is 0 Å². The van der Waals surface area contributed by atoms with Gasteiger partial charge in [0.15, 0.2) is 0 Å². The van der Waals surface area contributed by atoms with Gasteiger partial charge in [0, 0.05) is 31.4 Å². The summed E-state index contributed by atoms with van der Waals surface area (Å²) in [5.41, 5.74) is 4.74. The largest absolute Gasteiger partial charge is 0.508 e. The van der Waals surface area contributed by atoms with Crippen LogP contribution in [0.25, 0.3) is 11.1 Å². The number of benzene rings is 2. The molecule has 0 aliphatic heterocycles. The van der Waals surface area contributed by atoms with Crippen molar-refractivity contribution in [2.24, 2.45) is 0 Å². The van der Waals surface area contributed by atoms with Crippen LogP contribution in [-0.2, 0) is 6.54 Å². The monoisotopic (exact) mass is 363 g/mol. The van der Waals surface area contributed by atoms with Gasteiger partial charge in [0.05, 0.1) is 5.69 Å². The van der Waals surface area contributed by atoms with Gasteiger partial charge in [-0.05, 0) is 61.7 Å². The fraction of sp³-hybridized carbons (Fsp3) is 0.273. The number of phenolic OH excluding ortho intramolecular Hbond substituents is 1. The van der Waals surface area contributed by atoms with Crippen molar-refractivity contribution in [3.8, 4) is 16.9 Å². The number of aromatic nitrogens is 2. The van der Waals surface area contributed by atoms with Gasteiger partial charge in [-0.2, -0.15) is 5.10 Å². The first-order valence-corrected chi connectivity index (χ1v) is 9.10. The Hall–Kier alpha value is -3.08. The van der Waals surface area contributed by atoms with Crippen molar-refractivity contribution < 1.29 is 9.90 Å². The summed E-state index contributed by atoms with van der Waals surface area (Å²) in [6.45, 7) is 5.50. The standard InChI is InChI=1S/C22H25N3O2/c1-16-14-17(2)25(23-16)13-5-12-24(3)22(27)20-7-4-6-19(15-20)18-8-10-21(26)11-9-18/h4,6-11,14-15,26H,5,12-13H2,1-3H3. The van der Waals surface area contributed by atoms with Crippen LogP contribution < -0.4 is 0 Å². The summed E-state index contributed by atoms with van der Waals surface area (Å²) < 4.78 is 1.99. The molecule has 0 atom stereocenters. The van der Waals surface area contributed by atoms with Crippen LogP contribution in [0, 0.1) is 13.8 Å². The normalized spacial score (nSPS) is 10.8. The third-order valence-corrected chi connectivity index (χ3v) is 4.62. The van der Waals surface area contributed by atoms with Crippen molar-refractivity contribution in [1.82, 2.24) is 14.7 Å². The second-order valence-electron chi connectivity index (χ2n) is 6.86. The molecule has 0 fully saturated rings. The zero-order valence-electron chi connectivity index (χ0n) is 16.0. The molecule has 27 heavy (non-hydrogen) atoms. The second-order valence-corrected chi connectivity index (χ2v) is 6.86. The van der Waals surface area contributed by atoms with Gasteiger partial charge in [0.1, 0.15) is 5.75 Å². The zero-order valence-corrected chi connectivity index (χ0v) is 16.0. The maximum atomic E-state index is 12.8. The summed E-state index contributed by atoms with van der Waals surface area (Å²) in [6.07, 6.45) is 0.849. The van der Waals surface area contributed by atoms with Gasteiger partial charge in [0.25, 0.3) is 5.91 Å². The van der Waals surface area contributed by atoms with Crippen LogP contribution in [-0.4, -0.2) is 39.3 Å². The number of rotatable bonds is 6. The average molecular weight is 363 g/mol. The molecule has 1 amide bonds. The van der Waals surface area contributed by atoms with Crippen LogP contribution in [0.4, 0.5) is 0 Å². The van der Waals surface area contributed by atoms with E-state index < -0.39 is 0 Å². The van der Waals surface area contributed by atoms with Gasteiger partial charge < -0.3 is 10.0 Å². The summed E-state index contributed by atoms with van der Waals surface area (Å²) >= 11 is 0. The Morgan fingerprint density at radius 1 is 1.07 bits per heavy atom. The molecule has 0 bridgehead atoms. The molecule has 0 saturated heterocycles. The molecule has 5 nitrogen and oxygen atoms in total. The molecular weight excluding hydrogens is 338 g/mol. The first-order valence-electron chi connectivity index (χ1n) is 9.10. The molecule has 0 spiro atoms. The number of hydrogen-bond donors (Lipinski definition) is 1. The number of hydrogen-bond acceptors (Lipinski definition) is 3. The van der Waals surface area contributed by atoms with Gasteiger partial charge in [-0.25, -0.2) is 0 Å². The smallest absolute Gasteiger partial charge is 0.253 e. The van der Waals surface area contributed by atoms with E-state index in [1.54, 1.807) is 17.0 Å². The first-order chi connectivity index (χ1) is 12.9. The predicted octanol–water partition coefficient (Wildman–Crippen LogP) is 4.03. The molecule has 0 radical (unpaired) electrons. The van der Waals surface area contributed by atoms with Gasteiger partial charge in [-0.1, -0.05) is 24.3 Å². The predicted molar refractivity (Wildman–Crippen MR) is 107 cm³/mol. The number of carbonyl (C=O) groups is 1. The van der Waals surface area contributed by atoms with Gasteiger partial charge in [-0.3, -0.25) is 9.48 Å². The summed E-state index contributed by atoms with van der Waals surface area (Å²) in [5, 5.41) is 13.9. The maximum Gasteiger partial charge on any atom is 0.253 e. The van der Waals surface area contributed by atoms with E-state index in [9.17, 15) is 9.90 Å². The molecule has 3 rings (SSSR count). The molecule has 0 saturated carbocycles. The Labute approximate surface area is 159 Å². The number of phenols is 1. The Balaban J connectivity index is 1.63. The third kappa shape index (κ3) is 4.56.